The van der Waals surface area contributed by atoms with Gasteiger partial charge in [-0.2, -0.15) is 0 Å². The number of carboxylic acids is 1. The molecule has 1 heterocycles. The first-order valence-electron chi connectivity index (χ1n) is 6.82. The van der Waals surface area contributed by atoms with Crippen LogP contribution in [0.15, 0.2) is 22.7 Å². The fraction of sp³-hybridized carbons (Fsp3) is 0.500. The summed E-state index contributed by atoms with van der Waals surface area (Å²) in [6, 6.07) is 4.59. The molecule has 1 saturated heterocycles. The molecule has 1 atom stereocenters. The zero-order valence-electron chi connectivity index (χ0n) is 11.7. The minimum Gasteiger partial charge on any atom is -0.480 e. The third kappa shape index (κ3) is 2.94. The maximum absolute atomic E-state index is 11.6. The van der Waals surface area contributed by atoms with Gasteiger partial charge in [0, 0.05) is 23.2 Å². The van der Waals surface area contributed by atoms with Gasteiger partial charge in [0.2, 0.25) is 0 Å². The molecule has 0 amide bonds. The molecule has 1 aromatic rings. The Morgan fingerprint density at radius 2 is 2.29 bits per heavy atom. The quantitative estimate of drug-likeness (QED) is 0.646. The zero-order valence-corrected chi connectivity index (χ0v) is 13.3. The molecule has 1 fully saturated rings. The van der Waals surface area contributed by atoms with E-state index in [0.29, 0.717) is 23.9 Å². The van der Waals surface area contributed by atoms with E-state index in [2.05, 4.69) is 15.9 Å². The maximum Gasteiger partial charge on any atom is 0.324 e. The molecule has 0 spiro atoms. The van der Waals surface area contributed by atoms with Crippen molar-refractivity contribution in [2.45, 2.75) is 38.3 Å². The minimum absolute atomic E-state index is 0.0204. The monoisotopic (exact) mass is 356 g/mol. The van der Waals surface area contributed by atoms with Gasteiger partial charge in [-0.1, -0.05) is 22.9 Å². The normalized spacial score (nSPS) is 22.4. The molecule has 1 unspecified atom stereocenters. The number of aliphatic carboxylic acids is 1. The smallest absolute Gasteiger partial charge is 0.324 e. The van der Waals surface area contributed by atoms with Crippen LogP contribution >= 0.6 is 15.9 Å². The van der Waals surface area contributed by atoms with Crippen molar-refractivity contribution in [1.82, 2.24) is 4.90 Å². The number of hydrogen-bond acceptors (Lipinski definition) is 4. The van der Waals surface area contributed by atoms with Crippen molar-refractivity contribution < 1.29 is 14.8 Å². The Bertz CT molecular complexity index is 578. The number of benzene rings is 1. The second-order valence-corrected chi connectivity index (χ2v) is 6.10. The summed E-state index contributed by atoms with van der Waals surface area (Å²) in [7, 11) is 0. The van der Waals surface area contributed by atoms with E-state index >= 15 is 0 Å². The van der Waals surface area contributed by atoms with Crippen molar-refractivity contribution >= 4 is 27.6 Å². The van der Waals surface area contributed by atoms with Crippen LogP contribution in [0.1, 0.15) is 31.7 Å². The molecule has 114 valence electrons. The third-order valence-electron chi connectivity index (χ3n) is 4.22. The highest BCUT2D eigenvalue weighted by Gasteiger charge is 2.46. The van der Waals surface area contributed by atoms with Crippen molar-refractivity contribution in [3.63, 3.8) is 0 Å². The second-order valence-electron chi connectivity index (χ2n) is 5.25. The highest BCUT2D eigenvalue weighted by Crippen LogP contribution is 2.35. The van der Waals surface area contributed by atoms with Gasteiger partial charge >= 0.3 is 5.97 Å². The Morgan fingerprint density at radius 1 is 1.57 bits per heavy atom. The molecule has 1 aromatic carbocycles. The average Bonchev–Trinajstić information content (AvgIpc) is 2.84. The van der Waals surface area contributed by atoms with Crippen molar-refractivity contribution in [1.29, 1.82) is 0 Å². The molecule has 21 heavy (non-hydrogen) atoms. The van der Waals surface area contributed by atoms with Gasteiger partial charge in [0.15, 0.2) is 0 Å². The van der Waals surface area contributed by atoms with E-state index < -0.39 is 16.4 Å². The number of nitro benzene ring substituents is 1. The first-order valence-corrected chi connectivity index (χ1v) is 7.61. The van der Waals surface area contributed by atoms with Crippen LogP contribution in [0.3, 0.4) is 0 Å². The molecule has 1 aliphatic rings. The highest BCUT2D eigenvalue weighted by molar-refractivity contribution is 9.10. The van der Waals surface area contributed by atoms with Crippen molar-refractivity contribution in [2.75, 3.05) is 6.54 Å². The van der Waals surface area contributed by atoms with Crippen molar-refractivity contribution in [2.24, 2.45) is 0 Å². The van der Waals surface area contributed by atoms with Crippen LogP contribution < -0.4 is 0 Å². The molecular weight excluding hydrogens is 340 g/mol. The number of nitrogens with zero attached hydrogens (tertiary/aromatic N) is 2. The molecule has 2 rings (SSSR count). The number of hydrogen-bond donors (Lipinski definition) is 1. The zero-order chi connectivity index (χ0) is 15.6. The summed E-state index contributed by atoms with van der Waals surface area (Å²) >= 11 is 3.34. The lowest BCUT2D eigenvalue weighted by Crippen LogP contribution is -2.49. The Kier molecular flexibility index (Phi) is 4.63. The predicted molar refractivity (Wildman–Crippen MR) is 81.1 cm³/mol. The van der Waals surface area contributed by atoms with E-state index in [4.69, 9.17) is 0 Å². The fourth-order valence-electron chi connectivity index (χ4n) is 2.94. The van der Waals surface area contributed by atoms with Crippen LogP contribution in [0.4, 0.5) is 5.69 Å². The van der Waals surface area contributed by atoms with Gasteiger partial charge in [-0.05, 0) is 37.4 Å². The van der Waals surface area contributed by atoms with E-state index in [1.807, 2.05) is 11.8 Å². The predicted octanol–water partition coefficient (Wildman–Crippen LogP) is 3.19. The summed E-state index contributed by atoms with van der Waals surface area (Å²) in [5.74, 6) is -0.791. The molecule has 1 aliphatic heterocycles. The van der Waals surface area contributed by atoms with Gasteiger partial charge in [-0.15, -0.1) is 0 Å². The van der Waals surface area contributed by atoms with Crippen LogP contribution in [0.5, 0.6) is 0 Å². The summed E-state index contributed by atoms with van der Waals surface area (Å²) in [6.07, 6.45) is 2.04. The topological polar surface area (TPSA) is 83.7 Å². The van der Waals surface area contributed by atoms with Crippen molar-refractivity contribution in [3.05, 3.63) is 38.3 Å². The van der Waals surface area contributed by atoms with Gasteiger partial charge in [-0.3, -0.25) is 19.8 Å². The number of nitro groups is 1. The van der Waals surface area contributed by atoms with Crippen LogP contribution in [0.2, 0.25) is 0 Å². The molecule has 0 saturated carbocycles. The van der Waals surface area contributed by atoms with Crippen LogP contribution in [-0.4, -0.2) is 33.0 Å². The molecule has 7 heteroatoms. The first-order chi connectivity index (χ1) is 9.90. The van der Waals surface area contributed by atoms with Gasteiger partial charge in [0.25, 0.3) is 5.69 Å². The largest absolute Gasteiger partial charge is 0.480 e. The number of rotatable bonds is 5. The Morgan fingerprint density at radius 3 is 2.81 bits per heavy atom. The van der Waals surface area contributed by atoms with Crippen LogP contribution in [0.25, 0.3) is 0 Å². The average molecular weight is 357 g/mol. The van der Waals surface area contributed by atoms with E-state index in [0.717, 1.165) is 18.5 Å². The molecule has 6 nitrogen and oxygen atoms in total. The lowest BCUT2D eigenvalue weighted by Gasteiger charge is -2.34. The summed E-state index contributed by atoms with van der Waals surface area (Å²) in [6.45, 7) is 3.08. The van der Waals surface area contributed by atoms with E-state index in [9.17, 15) is 20.0 Å². The Labute approximate surface area is 131 Å². The fourth-order valence-corrected chi connectivity index (χ4v) is 3.43. The summed E-state index contributed by atoms with van der Waals surface area (Å²) in [5.41, 5.74) is 0.0647. The molecule has 0 aromatic heterocycles. The lowest BCUT2D eigenvalue weighted by molar-refractivity contribution is -0.384. The van der Waals surface area contributed by atoms with E-state index in [1.54, 1.807) is 6.07 Å². The third-order valence-corrected chi connectivity index (χ3v) is 4.95. The van der Waals surface area contributed by atoms with Crippen LogP contribution in [-0.2, 0) is 11.3 Å². The van der Waals surface area contributed by atoms with Gasteiger partial charge < -0.3 is 5.11 Å². The molecule has 0 aliphatic carbocycles. The lowest BCUT2D eigenvalue weighted by atomic mass is 9.92. The number of carboxylic acid groups (broad SMARTS) is 1. The standard InChI is InChI=1S/C14H17BrN2O4/c1-2-14(13(18)19)6-3-7-16(14)9-10-4-5-11(17(20)21)8-12(10)15/h4-5,8H,2-3,6-7,9H2,1H3,(H,18,19). The molecule has 0 radical (unpaired) electrons. The minimum atomic E-state index is -0.818. The number of likely N-dealkylation sites (tertiary alicyclic amines) is 1. The number of carbonyl (C=O) groups is 1. The summed E-state index contributed by atoms with van der Waals surface area (Å²) in [5, 5.41) is 20.3. The van der Waals surface area contributed by atoms with Crippen molar-refractivity contribution in [3.8, 4) is 0 Å². The maximum atomic E-state index is 11.6. The molecule has 0 bridgehead atoms. The highest BCUT2D eigenvalue weighted by atomic mass is 79.9. The van der Waals surface area contributed by atoms with Gasteiger partial charge in [0.05, 0.1) is 4.92 Å². The number of halogens is 1. The molecule has 1 N–H and O–H groups in total. The van der Waals surface area contributed by atoms with E-state index in [-0.39, 0.29) is 5.69 Å². The SMILES string of the molecule is CCC1(C(=O)O)CCCN1Cc1ccc([N+](=O)[O-])cc1Br. The van der Waals surface area contributed by atoms with Gasteiger partial charge in [-0.25, -0.2) is 0 Å². The summed E-state index contributed by atoms with van der Waals surface area (Å²) in [4.78, 5) is 23.9. The first kappa shape index (κ1) is 15.9. The summed E-state index contributed by atoms with van der Waals surface area (Å²) < 4.78 is 0.638. The molecular formula is C14H17BrN2O4. The number of non-ortho nitro benzene ring substituents is 1. The van der Waals surface area contributed by atoms with E-state index in [1.165, 1.54) is 12.1 Å². The second kappa shape index (κ2) is 6.11. The van der Waals surface area contributed by atoms with Crippen LogP contribution in [0, 0.1) is 10.1 Å². The van der Waals surface area contributed by atoms with Gasteiger partial charge in [0.1, 0.15) is 5.54 Å². The Hall–Kier alpha value is -1.47. The Balaban J connectivity index is 2.25.